The Kier molecular flexibility index (Phi) is 4.08. The van der Waals surface area contributed by atoms with Crippen molar-refractivity contribution in [2.45, 2.75) is 19.5 Å². The van der Waals surface area contributed by atoms with E-state index >= 15 is 0 Å². The molecule has 18 heavy (non-hydrogen) atoms. The van der Waals surface area contributed by atoms with Crippen molar-refractivity contribution in [1.29, 1.82) is 5.26 Å². The van der Waals surface area contributed by atoms with Crippen molar-refractivity contribution >= 4 is 11.3 Å². The number of hydrogen-bond acceptors (Lipinski definition) is 3. The smallest absolute Gasteiger partial charge is 0.140 e. The fourth-order valence-corrected chi connectivity index (χ4v) is 2.43. The summed E-state index contributed by atoms with van der Waals surface area (Å²) in [6, 6.07) is 8.79. The molecule has 0 amide bonds. The zero-order valence-electron chi connectivity index (χ0n) is 9.98. The fraction of sp³-hybridized carbons (Fsp3) is 0.214. The maximum Gasteiger partial charge on any atom is 0.140 e. The summed E-state index contributed by atoms with van der Waals surface area (Å²) in [6.45, 7) is 2.70. The molecule has 0 aliphatic carbocycles. The molecule has 0 fully saturated rings. The normalized spacial score (nSPS) is 12.1. The summed E-state index contributed by atoms with van der Waals surface area (Å²) in [7, 11) is 0. The Morgan fingerprint density at radius 1 is 1.44 bits per heavy atom. The highest BCUT2D eigenvalue weighted by Crippen LogP contribution is 2.16. The first-order valence-corrected chi connectivity index (χ1v) is 6.59. The van der Waals surface area contributed by atoms with Gasteiger partial charge < -0.3 is 5.32 Å². The number of nitrogens with zero attached hydrogens (tertiary/aromatic N) is 1. The van der Waals surface area contributed by atoms with Crippen LogP contribution in [0.25, 0.3) is 0 Å². The molecular formula is C14H13FN2S. The lowest BCUT2D eigenvalue weighted by Gasteiger charge is -2.12. The van der Waals surface area contributed by atoms with Gasteiger partial charge >= 0.3 is 0 Å². The molecule has 0 radical (unpaired) electrons. The minimum atomic E-state index is -0.466. The predicted molar refractivity (Wildman–Crippen MR) is 70.7 cm³/mol. The van der Waals surface area contributed by atoms with Gasteiger partial charge in [0, 0.05) is 12.6 Å². The van der Waals surface area contributed by atoms with E-state index in [2.05, 4.69) is 23.7 Å². The number of nitriles is 1. The third-order valence-corrected chi connectivity index (χ3v) is 3.51. The zero-order valence-corrected chi connectivity index (χ0v) is 10.8. The average Bonchev–Trinajstić information content (AvgIpc) is 2.91. The molecule has 4 heteroatoms. The summed E-state index contributed by atoms with van der Waals surface area (Å²) in [6.07, 6.45) is 0. The summed E-state index contributed by atoms with van der Waals surface area (Å²) in [5.41, 5.74) is 2.25. The van der Waals surface area contributed by atoms with Gasteiger partial charge in [0.25, 0.3) is 0 Å². The Morgan fingerprint density at radius 2 is 2.28 bits per heavy atom. The number of rotatable bonds is 4. The van der Waals surface area contributed by atoms with Gasteiger partial charge in [0.15, 0.2) is 0 Å². The van der Waals surface area contributed by atoms with Crippen molar-refractivity contribution in [2.75, 3.05) is 0 Å². The van der Waals surface area contributed by atoms with E-state index in [0.29, 0.717) is 6.54 Å². The van der Waals surface area contributed by atoms with E-state index in [9.17, 15) is 4.39 Å². The molecule has 2 aromatic rings. The van der Waals surface area contributed by atoms with Gasteiger partial charge in [-0.25, -0.2) is 4.39 Å². The Labute approximate surface area is 110 Å². The van der Waals surface area contributed by atoms with Crippen LogP contribution in [0.2, 0.25) is 0 Å². The predicted octanol–water partition coefficient (Wildman–Crippen LogP) is 3.61. The van der Waals surface area contributed by atoms with Crippen LogP contribution in [0.4, 0.5) is 4.39 Å². The number of nitrogens with one attached hydrogen (secondary N) is 1. The van der Waals surface area contributed by atoms with Crippen LogP contribution in [0.15, 0.2) is 35.0 Å². The molecule has 0 saturated heterocycles. The fourth-order valence-electron chi connectivity index (χ4n) is 1.68. The molecule has 1 aromatic heterocycles. The van der Waals surface area contributed by atoms with Crippen molar-refractivity contribution < 1.29 is 4.39 Å². The molecule has 1 aromatic carbocycles. The molecule has 0 spiro atoms. The second-order valence-electron chi connectivity index (χ2n) is 4.09. The van der Waals surface area contributed by atoms with Crippen molar-refractivity contribution in [3.8, 4) is 6.07 Å². The van der Waals surface area contributed by atoms with Crippen molar-refractivity contribution in [1.82, 2.24) is 5.32 Å². The van der Waals surface area contributed by atoms with E-state index < -0.39 is 5.82 Å². The molecule has 0 aliphatic rings. The standard InChI is InChI=1S/C14H13FN2S/c1-10(12-4-5-18-9-12)17-8-11-2-3-14(15)13(6-11)7-16/h2-6,9-10,17H,8H2,1H3. The van der Waals surface area contributed by atoms with E-state index in [0.717, 1.165) is 5.56 Å². The van der Waals surface area contributed by atoms with Crippen LogP contribution in [0, 0.1) is 17.1 Å². The topological polar surface area (TPSA) is 35.8 Å². The second-order valence-corrected chi connectivity index (χ2v) is 4.87. The van der Waals surface area contributed by atoms with Crippen LogP contribution in [0.1, 0.15) is 29.7 Å². The van der Waals surface area contributed by atoms with Gasteiger partial charge in [0.2, 0.25) is 0 Å². The minimum Gasteiger partial charge on any atom is -0.306 e. The molecular weight excluding hydrogens is 247 g/mol. The largest absolute Gasteiger partial charge is 0.306 e. The molecule has 1 atom stereocenters. The Bertz CT molecular complexity index is 558. The average molecular weight is 260 g/mol. The van der Waals surface area contributed by atoms with Gasteiger partial charge in [-0.2, -0.15) is 16.6 Å². The molecule has 0 bridgehead atoms. The molecule has 2 nitrogen and oxygen atoms in total. The van der Waals surface area contributed by atoms with Crippen molar-refractivity contribution in [3.05, 3.63) is 57.5 Å². The number of halogens is 1. The van der Waals surface area contributed by atoms with Gasteiger partial charge in [-0.1, -0.05) is 6.07 Å². The third kappa shape index (κ3) is 2.95. The molecule has 1 heterocycles. The summed E-state index contributed by atoms with van der Waals surface area (Å²) in [4.78, 5) is 0. The third-order valence-electron chi connectivity index (χ3n) is 2.81. The maximum atomic E-state index is 13.2. The summed E-state index contributed by atoms with van der Waals surface area (Å²) in [5, 5.41) is 16.2. The van der Waals surface area contributed by atoms with Crippen LogP contribution in [-0.2, 0) is 6.54 Å². The van der Waals surface area contributed by atoms with E-state index in [-0.39, 0.29) is 11.6 Å². The molecule has 92 valence electrons. The Balaban J connectivity index is 2.01. The van der Waals surface area contributed by atoms with Gasteiger partial charge in [-0.3, -0.25) is 0 Å². The van der Waals surface area contributed by atoms with Crippen LogP contribution in [-0.4, -0.2) is 0 Å². The lowest BCUT2D eigenvalue weighted by molar-refractivity contribution is 0.574. The lowest BCUT2D eigenvalue weighted by Crippen LogP contribution is -2.17. The number of thiophene rings is 1. The summed E-state index contributed by atoms with van der Waals surface area (Å²) >= 11 is 1.66. The van der Waals surface area contributed by atoms with Gasteiger partial charge in [-0.05, 0) is 47.0 Å². The highest BCUT2D eigenvalue weighted by Gasteiger charge is 2.06. The zero-order chi connectivity index (χ0) is 13.0. The molecule has 2 rings (SSSR count). The monoisotopic (exact) mass is 260 g/mol. The van der Waals surface area contributed by atoms with E-state index in [1.54, 1.807) is 23.5 Å². The van der Waals surface area contributed by atoms with Gasteiger partial charge in [-0.15, -0.1) is 0 Å². The van der Waals surface area contributed by atoms with Gasteiger partial charge in [0.05, 0.1) is 5.56 Å². The number of hydrogen-bond donors (Lipinski definition) is 1. The molecule has 0 aliphatic heterocycles. The van der Waals surface area contributed by atoms with E-state index in [4.69, 9.17) is 5.26 Å². The first-order valence-electron chi connectivity index (χ1n) is 5.64. The van der Waals surface area contributed by atoms with Gasteiger partial charge in [0.1, 0.15) is 11.9 Å². The first-order chi connectivity index (χ1) is 8.70. The van der Waals surface area contributed by atoms with Crippen molar-refractivity contribution in [2.24, 2.45) is 0 Å². The maximum absolute atomic E-state index is 13.2. The van der Waals surface area contributed by atoms with Crippen LogP contribution < -0.4 is 5.32 Å². The van der Waals surface area contributed by atoms with E-state index in [1.165, 1.54) is 11.6 Å². The number of benzene rings is 1. The quantitative estimate of drug-likeness (QED) is 0.911. The minimum absolute atomic E-state index is 0.0949. The van der Waals surface area contributed by atoms with Crippen LogP contribution >= 0.6 is 11.3 Å². The highest BCUT2D eigenvalue weighted by molar-refractivity contribution is 7.07. The van der Waals surface area contributed by atoms with Crippen LogP contribution in [0.3, 0.4) is 0 Å². The SMILES string of the molecule is CC(NCc1ccc(F)c(C#N)c1)c1ccsc1. The first kappa shape index (κ1) is 12.7. The Morgan fingerprint density at radius 3 is 2.94 bits per heavy atom. The summed E-state index contributed by atoms with van der Waals surface area (Å²) in [5.74, 6) is -0.466. The lowest BCUT2D eigenvalue weighted by atomic mass is 10.1. The van der Waals surface area contributed by atoms with E-state index in [1.807, 2.05) is 11.4 Å². The molecule has 1 unspecified atom stereocenters. The Hall–Kier alpha value is -1.70. The highest BCUT2D eigenvalue weighted by atomic mass is 32.1. The second kappa shape index (κ2) is 5.76. The molecule has 1 N–H and O–H groups in total. The van der Waals surface area contributed by atoms with Crippen LogP contribution in [0.5, 0.6) is 0 Å². The van der Waals surface area contributed by atoms with Crippen molar-refractivity contribution in [3.63, 3.8) is 0 Å². The summed E-state index contributed by atoms with van der Waals surface area (Å²) < 4.78 is 13.2. The molecule has 0 saturated carbocycles.